The Balaban J connectivity index is 2.00. The first kappa shape index (κ1) is 8.97. The number of nitriles is 1. The Hall–Kier alpha value is -1.60. The first-order chi connectivity index (χ1) is 6.78. The lowest BCUT2D eigenvalue weighted by atomic mass is 9.89. The minimum atomic E-state index is -0.174. The Morgan fingerprint density at radius 2 is 2.36 bits per heavy atom. The molecule has 72 valence electrons. The van der Waals surface area contributed by atoms with E-state index >= 15 is 0 Å². The highest BCUT2D eigenvalue weighted by Crippen LogP contribution is 2.23. The van der Waals surface area contributed by atoms with Crippen molar-refractivity contribution < 1.29 is 5.11 Å². The van der Waals surface area contributed by atoms with Gasteiger partial charge in [-0.3, -0.25) is 0 Å². The Morgan fingerprint density at radius 3 is 3.00 bits per heavy atom. The van der Waals surface area contributed by atoms with E-state index in [-0.39, 0.29) is 6.10 Å². The van der Waals surface area contributed by atoms with Crippen molar-refractivity contribution in [1.82, 2.24) is 4.98 Å². The zero-order valence-electron chi connectivity index (χ0n) is 7.64. The number of hydrogen-bond acceptors (Lipinski definition) is 4. The number of aliphatic hydroxyl groups excluding tert-OH is 1. The molecule has 0 aliphatic heterocycles. The molecule has 0 aromatic carbocycles. The van der Waals surface area contributed by atoms with E-state index in [1.807, 2.05) is 0 Å². The molecular weight excluding hydrogens is 178 g/mol. The largest absolute Gasteiger partial charge is 0.393 e. The van der Waals surface area contributed by atoms with Crippen LogP contribution in [0.4, 0.5) is 5.82 Å². The third kappa shape index (κ3) is 1.83. The topological polar surface area (TPSA) is 68.9 Å². The fourth-order valence-corrected chi connectivity index (χ4v) is 1.49. The summed E-state index contributed by atoms with van der Waals surface area (Å²) in [5.41, 5.74) is 0.599. The fraction of sp³-hybridized carbons (Fsp3) is 0.400. The molecule has 14 heavy (non-hydrogen) atoms. The van der Waals surface area contributed by atoms with Crippen LogP contribution in [0.2, 0.25) is 0 Å². The normalized spacial score (nSPS) is 24.9. The second kappa shape index (κ2) is 3.64. The van der Waals surface area contributed by atoms with Crippen molar-refractivity contribution in [2.24, 2.45) is 0 Å². The third-order valence-electron chi connectivity index (χ3n) is 2.35. The highest BCUT2D eigenvalue weighted by Gasteiger charge is 2.26. The molecule has 1 fully saturated rings. The Morgan fingerprint density at radius 1 is 1.57 bits per heavy atom. The SMILES string of the molecule is N#Cc1ccnc(NC2CC(O)C2)c1. The minimum absolute atomic E-state index is 0.174. The van der Waals surface area contributed by atoms with Crippen molar-refractivity contribution in [3.8, 4) is 6.07 Å². The van der Waals surface area contributed by atoms with Crippen molar-refractivity contribution in [3.63, 3.8) is 0 Å². The van der Waals surface area contributed by atoms with Crippen molar-refractivity contribution in [1.29, 1.82) is 5.26 Å². The molecule has 0 amide bonds. The predicted octanol–water partition coefficient (Wildman–Crippen LogP) is 0.888. The molecule has 0 spiro atoms. The van der Waals surface area contributed by atoms with Crippen LogP contribution in [0.15, 0.2) is 18.3 Å². The summed E-state index contributed by atoms with van der Waals surface area (Å²) in [6, 6.07) is 5.73. The molecule has 1 aliphatic carbocycles. The summed E-state index contributed by atoms with van der Waals surface area (Å²) in [6.07, 6.45) is 2.96. The summed E-state index contributed by atoms with van der Waals surface area (Å²) in [5.74, 6) is 0.709. The highest BCUT2D eigenvalue weighted by molar-refractivity contribution is 5.43. The van der Waals surface area contributed by atoms with E-state index in [1.165, 1.54) is 0 Å². The van der Waals surface area contributed by atoms with Crippen LogP contribution >= 0.6 is 0 Å². The molecule has 1 heterocycles. The van der Waals surface area contributed by atoms with E-state index in [2.05, 4.69) is 16.4 Å². The smallest absolute Gasteiger partial charge is 0.127 e. The van der Waals surface area contributed by atoms with Crippen molar-refractivity contribution in [2.75, 3.05) is 5.32 Å². The molecule has 0 bridgehead atoms. The van der Waals surface area contributed by atoms with E-state index in [4.69, 9.17) is 10.4 Å². The summed E-state index contributed by atoms with van der Waals surface area (Å²) in [6.45, 7) is 0. The number of nitrogens with zero attached hydrogens (tertiary/aromatic N) is 2. The third-order valence-corrected chi connectivity index (χ3v) is 2.35. The maximum absolute atomic E-state index is 9.08. The number of pyridine rings is 1. The number of aliphatic hydroxyl groups is 1. The molecule has 0 atom stereocenters. The van der Waals surface area contributed by atoms with E-state index < -0.39 is 0 Å². The van der Waals surface area contributed by atoms with Gasteiger partial charge in [-0.25, -0.2) is 4.98 Å². The van der Waals surface area contributed by atoms with Crippen LogP contribution in [-0.2, 0) is 0 Å². The van der Waals surface area contributed by atoms with Gasteiger partial charge in [0.15, 0.2) is 0 Å². The predicted molar refractivity (Wildman–Crippen MR) is 51.6 cm³/mol. The molecule has 2 rings (SSSR count). The zero-order valence-corrected chi connectivity index (χ0v) is 7.64. The van der Waals surface area contributed by atoms with Gasteiger partial charge in [0, 0.05) is 12.2 Å². The second-order valence-corrected chi connectivity index (χ2v) is 3.51. The van der Waals surface area contributed by atoms with Gasteiger partial charge in [-0.15, -0.1) is 0 Å². The van der Waals surface area contributed by atoms with Crippen LogP contribution in [0.5, 0.6) is 0 Å². The minimum Gasteiger partial charge on any atom is -0.393 e. The molecule has 2 N–H and O–H groups in total. The number of nitrogens with one attached hydrogen (secondary N) is 1. The Labute approximate surface area is 82.2 Å². The Bertz CT molecular complexity index is 366. The summed E-state index contributed by atoms with van der Waals surface area (Å²) in [7, 11) is 0. The van der Waals surface area contributed by atoms with Gasteiger partial charge in [-0.1, -0.05) is 0 Å². The first-order valence-electron chi connectivity index (χ1n) is 4.58. The van der Waals surface area contributed by atoms with Gasteiger partial charge < -0.3 is 10.4 Å². The number of anilines is 1. The molecular formula is C10H11N3O. The molecule has 4 heteroatoms. The summed E-state index contributed by atoms with van der Waals surface area (Å²) < 4.78 is 0. The molecule has 1 aromatic rings. The highest BCUT2D eigenvalue weighted by atomic mass is 16.3. The standard InChI is InChI=1S/C10H11N3O/c11-6-7-1-2-12-10(3-7)13-8-4-9(14)5-8/h1-3,8-9,14H,4-5H2,(H,12,13). The maximum atomic E-state index is 9.08. The fourth-order valence-electron chi connectivity index (χ4n) is 1.49. The van der Waals surface area contributed by atoms with Crippen LogP contribution in [0.25, 0.3) is 0 Å². The van der Waals surface area contributed by atoms with E-state index in [9.17, 15) is 0 Å². The summed E-state index contributed by atoms with van der Waals surface area (Å²) >= 11 is 0. The summed E-state index contributed by atoms with van der Waals surface area (Å²) in [4.78, 5) is 4.09. The first-order valence-corrected chi connectivity index (χ1v) is 4.58. The lowest BCUT2D eigenvalue weighted by Gasteiger charge is -2.32. The van der Waals surface area contributed by atoms with Crippen molar-refractivity contribution in [2.45, 2.75) is 25.0 Å². The van der Waals surface area contributed by atoms with Gasteiger partial charge in [-0.05, 0) is 25.0 Å². The molecule has 1 saturated carbocycles. The van der Waals surface area contributed by atoms with Crippen LogP contribution in [0.3, 0.4) is 0 Å². The lowest BCUT2D eigenvalue weighted by Crippen LogP contribution is -2.39. The maximum Gasteiger partial charge on any atom is 0.127 e. The number of hydrogen-bond donors (Lipinski definition) is 2. The molecule has 0 unspecified atom stereocenters. The quantitative estimate of drug-likeness (QED) is 0.724. The van der Waals surface area contributed by atoms with E-state index in [1.54, 1.807) is 18.3 Å². The van der Waals surface area contributed by atoms with Crippen LogP contribution in [-0.4, -0.2) is 22.2 Å². The molecule has 4 nitrogen and oxygen atoms in total. The second-order valence-electron chi connectivity index (χ2n) is 3.51. The van der Waals surface area contributed by atoms with Gasteiger partial charge in [0.05, 0.1) is 17.7 Å². The lowest BCUT2D eigenvalue weighted by molar-refractivity contribution is 0.0835. The van der Waals surface area contributed by atoms with Crippen LogP contribution in [0.1, 0.15) is 18.4 Å². The van der Waals surface area contributed by atoms with Crippen LogP contribution in [0, 0.1) is 11.3 Å². The van der Waals surface area contributed by atoms with E-state index in [0.717, 1.165) is 12.8 Å². The average molecular weight is 189 g/mol. The zero-order chi connectivity index (χ0) is 9.97. The molecule has 0 saturated heterocycles. The summed E-state index contributed by atoms with van der Waals surface area (Å²) in [5, 5.41) is 20.9. The number of aromatic nitrogens is 1. The van der Waals surface area contributed by atoms with Gasteiger partial charge in [0.25, 0.3) is 0 Å². The number of rotatable bonds is 2. The average Bonchev–Trinajstić information content (AvgIpc) is 2.16. The van der Waals surface area contributed by atoms with Crippen molar-refractivity contribution in [3.05, 3.63) is 23.9 Å². The van der Waals surface area contributed by atoms with E-state index in [0.29, 0.717) is 17.4 Å². The van der Waals surface area contributed by atoms with Gasteiger partial charge in [0.2, 0.25) is 0 Å². The molecule has 1 aliphatic rings. The van der Waals surface area contributed by atoms with Gasteiger partial charge >= 0.3 is 0 Å². The van der Waals surface area contributed by atoms with Gasteiger partial charge in [0.1, 0.15) is 5.82 Å². The van der Waals surface area contributed by atoms with Crippen LogP contribution < -0.4 is 5.32 Å². The molecule has 1 aromatic heterocycles. The van der Waals surface area contributed by atoms with Gasteiger partial charge in [-0.2, -0.15) is 5.26 Å². The molecule has 0 radical (unpaired) electrons. The monoisotopic (exact) mass is 189 g/mol. The Kier molecular flexibility index (Phi) is 2.33. The van der Waals surface area contributed by atoms with Crippen molar-refractivity contribution >= 4 is 5.82 Å².